The van der Waals surface area contributed by atoms with Crippen LogP contribution in [0.15, 0.2) is 16.6 Å². The molecule has 0 amide bonds. The summed E-state index contributed by atoms with van der Waals surface area (Å²) in [4.78, 5) is 15.3. The predicted molar refractivity (Wildman–Crippen MR) is 75.8 cm³/mol. The number of ether oxygens (including phenoxy) is 1. The van der Waals surface area contributed by atoms with Crippen LogP contribution in [0.2, 0.25) is 5.15 Å². The average molecular weight is 384 g/mol. The number of carbonyl (C=O) groups is 1. The number of hydrogen-bond acceptors (Lipinski definition) is 5. The second kappa shape index (κ2) is 6.02. The maximum atomic E-state index is 13.6. The zero-order valence-electron chi connectivity index (χ0n) is 9.84. The van der Waals surface area contributed by atoms with Crippen molar-refractivity contribution in [1.82, 2.24) is 4.98 Å². The monoisotopic (exact) mass is 382 g/mol. The first-order chi connectivity index (χ1) is 9.42. The van der Waals surface area contributed by atoms with E-state index >= 15 is 0 Å². The van der Waals surface area contributed by atoms with Crippen molar-refractivity contribution >= 4 is 55.7 Å². The number of halogens is 4. The van der Waals surface area contributed by atoms with Gasteiger partial charge in [0, 0.05) is 6.07 Å². The maximum Gasteiger partial charge on any atom is 0.351 e. The van der Waals surface area contributed by atoms with Gasteiger partial charge in [-0.3, -0.25) is 0 Å². The third kappa shape index (κ3) is 3.08. The number of carbonyl (C=O) groups excluding carboxylic acids is 1. The summed E-state index contributed by atoms with van der Waals surface area (Å²) in [6, 6.07) is 1.95. The Morgan fingerprint density at radius 1 is 1.45 bits per heavy atom. The van der Waals surface area contributed by atoms with Gasteiger partial charge in [-0.1, -0.05) is 22.9 Å². The summed E-state index contributed by atoms with van der Waals surface area (Å²) in [6.45, 7) is 0. The number of benzene rings is 1. The molecule has 0 aliphatic rings. The molecule has 4 nitrogen and oxygen atoms in total. The predicted octanol–water partition coefficient (Wildman–Crippen LogP) is 4.37. The van der Waals surface area contributed by atoms with Gasteiger partial charge in [-0.05, 0) is 22.0 Å². The highest BCUT2D eigenvalue weighted by molar-refractivity contribution is 9.10. The Morgan fingerprint density at radius 2 is 2.15 bits per heavy atom. The Hall–Kier alpha value is -1.25. The van der Waals surface area contributed by atoms with Gasteiger partial charge in [-0.15, -0.1) is 0 Å². The number of hydrogen-bond donors (Lipinski definition) is 1. The number of anilines is 2. The molecule has 1 heterocycles. The first-order valence-corrected chi connectivity index (χ1v) is 7.07. The van der Waals surface area contributed by atoms with E-state index in [1.54, 1.807) is 0 Å². The van der Waals surface area contributed by atoms with Crippen molar-refractivity contribution in [1.29, 1.82) is 0 Å². The molecule has 0 unspecified atom stereocenters. The Balaban J connectivity index is 2.31. The van der Waals surface area contributed by atoms with E-state index in [4.69, 9.17) is 11.6 Å². The molecule has 2 aromatic rings. The highest BCUT2D eigenvalue weighted by Crippen LogP contribution is 2.32. The van der Waals surface area contributed by atoms with E-state index in [-0.39, 0.29) is 25.3 Å². The molecule has 0 saturated heterocycles. The fraction of sp³-hybridized carbons (Fsp3) is 0.0909. The van der Waals surface area contributed by atoms with Crippen molar-refractivity contribution in [3.05, 3.63) is 38.3 Å². The average Bonchev–Trinajstić information content (AvgIpc) is 2.76. The van der Waals surface area contributed by atoms with Gasteiger partial charge in [0.05, 0.1) is 17.3 Å². The molecular weight excluding hydrogens is 378 g/mol. The van der Waals surface area contributed by atoms with E-state index in [0.29, 0.717) is 0 Å². The van der Waals surface area contributed by atoms with Crippen molar-refractivity contribution in [2.75, 3.05) is 12.4 Å². The van der Waals surface area contributed by atoms with E-state index in [9.17, 15) is 13.6 Å². The number of thiazole rings is 1. The van der Waals surface area contributed by atoms with Crippen LogP contribution in [0.3, 0.4) is 0 Å². The van der Waals surface area contributed by atoms with Crippen LogP contribution in [0.1, 0.15) is 9.67 Å². The summed E-state index contributed by atoms with van der Waals surface area (Å²) in [5, 5.41) is 2.76. The van der Waals surface area contributed by atoms with Crippen molar-refractivity contribution in [3.63, 3.8) is 0 Å². The second-order valence-corrected chi connectivity index (χ2v) is 5.71. The molecule has 1 aromatic heterocycles. The van der Waals surface area contributed by atoms with Gasteiger partial charge in [-0.25, -0.2) is 18.6 Å². The summed E-state index contributed by atoms with van der Waals surface area (Å²) in [7, 11) is 1.21. The highest BCUT2D eigenvalue weighted by atomic mass is 79.9. The molecule has 0 bridgehead atoms. The van der Waals surface area contributed by atoms with E-state index in [1.807, 2.05) is 0 Å². The Labute approximate surface area is 129 Å². The molecule has 1 N–H and O–H groups in total. The molecule has 0 radical (unpaired) electrons. The quantitative estimate of drug-likeness (QED) is 0.632. The molecule has 0 aliphatic heterocycles. The molecular formula is C11H6BrClF2N2O2S. The van der Waals surface area contributed by atoms with Crippen LogP contribution in [0.4, 0.5) is 19.6 Å². The minimum Gasteiger partial charge on any atom is -0.465 e. The largest absolute Gasteiger partial charge is 0.465 e. The summed E-state index contributed by atoms with van der Waals surface area (Å²) in [5.41, 5.74) is 0.0000995. The van der Waals surface area contributed by atoms with Crippen LogP contribution < -0.4 is 5.32 Å². The van der Waals surface area contributed by atoms with Gasteiger partial charge in [0.15, 0.2) is 15.2 Å². The zero-order chi connectivity index (χ0) is 14.9. The number of rotatable bonds is 3. The molecule has 1 aromatic carbocycles. The number of methoxy groups -OCH3 is 1. The van der Waals surface area contributed by atoms with Gasteiger partial charge in [-0.2, -0.15) is 0 Å². The fourth-order valence-corrected chi connectivity index (χ4v) is 2.77. The van der Waals surface area contributed by atoms with E-state index in [2.05, 4.69) is 31.0 Å². The third-order valence-electron chi connectivity index (χ3n) is 2.21. The smallest absolute Gasteiger partial charge is 0.351 e. The van der Waals surface area contributed by atoms with Crippen molar-refractivity contribution in [2.24, 2.45) is 0 Å². The zero-order valence-corrected chi connectivity index (χ0v) is 13.0. The fourth-order valence-electron chi connectivity index (χ4n) is 1.31. The molecule has 0 spiro atoms. The van der Waals surface area contributed by atoms with Gasteiger partial charge in [0.2, 0.25) is 0 Å². The van der Waals surface area contributed by atoms with Crippen LogP contribution >= 0.6 is 38.9 Å². The SMILES string of the molecule is COC(=O)c1sc(Nc2cc(Br)c(F)cc2F)nc1Cl. The molecule has 20 heavy (non-hydrogen) atoms. The Morgan fingerprint density at radius 3 is 2.80 bits per heavy atom. The summed E-state index contributed by atoms with van der Waals surface area (Å²) < 4.78 is 31.3. The minimum atomic E-state index is -0.795. The first-order valence-electron chi connectivity index (χ1n) is 5.08. The first kappa shape index (κ1) is 15.1. The van der Waals surface area contributed by atoms with Gasteiger partial charge < -0.3 is 10.1 Å². The van der Waals surface area contributed by atoms with Crippen LogP contribution in [0.25, 0.3) is 0 Å². The summed E-state index contributed by atoms with van der Waals surface area (Å²) >= 11 is 9.63. The van der Waals surface area contributed by atoms with Crippen molar-refractivity contribution in [3.8, 4) is 0 Å². The molecule has 0 fully saturated rings. The summed E-state index contributed by atoms with van der Waals surface area (Å²) in [5.74, 6) is -2.15. The number of esters is 1. The topological polar surface area (TPSA) is 51.2 Å². The lowest BCUT2D eigenvalue weighted by atomic mass is 10.3. The van der Waals surface area contributed by atoms with Gasteiger partial charge >= 0.3 is 5.97 Å². The molecule has 9 heteroatoms. The number of nitrogens with zero attached hydrogens (tertiary/aromatic N) is 1. The lowest BCUT2D eigenvalue weighted by Gasteiger charge is -2.05. The molecule has 106 valence electrons. The lowest BCUT2D eigenvalue weighted by Crippen LogP contribution is -1.98. The van der Waals surface area contributed by atoms with Crippen LogP contribution in [-0.4, -0.2) is 18.1 Å². The van der Waals surface area contributed by atoms with Crippen LogP contribution in [0, 0.1) is 11.6 Å². The van der Waals surface area contributed by atoms with E-state index in [0.717, 1.165) is 17.4 Å². The number of nitrogens with one attached hydrogen (secondary N) is 1. The van der Waals surface area contributed by atoms with E-state index in [1.165, 1.54) is 13.2 Å². The minimum absolute atomic E-state index is 0.0000995. The van der Waals surface area contributed by atoms with Crippen molar-refractivity contribution < 1.29 is 18.3 Å². The molecule has 0 atom stereocenters. The summed E-state index contributed by atoms with van der Waals surface area (Å²) in [6.07, 6.45) is 0. The second-order valence-electron chi connectivity index (χ2n) is 3.50. The molecule has 0 saturated carbocycles. The molecule has 2 rings (SSSR count). The van der Waals surface area contributed by atoms with Gasteiger partial charge in [0.25, 0.3) is 0 Å². The van der Waals surface area contributed by atoms with Gasteiger partial charge in [0.1, 0.15) is 11.6 Å². The van der Waals surface area contributed by atoms with Crippen LogP contribution in [0.5, 0.6) is 0 Å². The number of aromatic nitrogens is 1. The normalized spacial score (nSPS) is 10.4. The van der Waals surface area contributed by atoms with Crippen molar-refractivity contribution in [2.45, 2.75) is 0 Å². The molecule has 0 aliphatic carbocycles. The standard InChI is InChI=1S/C11H6BrClF2N2O2S/c1-19-10(18)8-9(13)17-11(20-8)16-7-2-4(12)5(14)3-6(7)15/h2-3H,1H3,(H,16,17). The Kier molecular flexibility index (Phi) is 4.56. The maximum absolute atomic E-state index is 13.6. The lowest BCUT2D eigenvalue weighted by molar-refractivity contribution is 0.0606. The third-order valence-corrected chi connectivity index (χ3v) is 4.15. The Bertz CT molecular complexity index is 681. The van der Waals surface area contributed by atoms with E-state index < -0.39 is 17.6 Å². The van der Waals surface area contributed by atoms with Crippen LogP contribution in [-0.2, 0) is 4.74 Å². The highest BCUT2D eigenvalue weighted by Gasteiger charge is 2.18.